The van der Waals surface area contributed by atoms with Crippen LogP contribution in [-0.4, -0.2) is 55.9 Å². The van der Waals surface area contributed by atoms with E-state index >= 15 is 0 Å². The third-order valence-electron chi connectivity index (χ3n) is 4.75. The highest BCUT2D eigenvalue weighted by Crippen LogP contribution is 2.23. The highest BCUT2D eigenvalue weighted by Gasteiger charge is 2.36. The number of ether oxygens (including phenoxy) is 3. The number of nitrogens with one attached hydrogen (secondary N) is 1. The third-order valence-corrected chi connectivity index (χ3v) is 4.75. The first kappa shape index (κ1) is 21.8. The van der Waals surface area contributed by atoms with Crippen LogP contribution in [-0.2, 0) is 14.3 Å². The van der Waals surface area contributed by atoms with Gasteiger partial charge in [0.05, 0.1) is 26.7 Å². The zero-order valence-electron chi connectivity index (χ0n) is 17.1. The van der Waals surface area contributed by atoms with Crippen LogP contribution in [0.25, 0.3) is 0 Å². The molecule has 1 aliphatic rings. The van der Waals surface area contributed by atoms with E-state index in [1.807, 2.05) is 0 Å². The van der Waals surface area contributed by atoms with Crippen molar-refractivity contribution in [1.82, 2.24) is 10.4 Å². The second-order valence-electron chi connectivity index (χ2n) is 6.84. The minimum Gasteiger partial charge on any atom is -0.497 e. The maximum atomic E-state index is 12.6. The molecule has 1 heterocycles. The quantitative estimate of drug-likeness (QED) is 0.504. The molecule has 0 radical (unpaired) electrons. The zero-order chi connectivity index (χ0) is 22.4. The minimum atomic E-state index is -0.781. The smallest absolute Gasteiger partial charge is 0.311 e. The number of nitrogens with zero attached hydrogens (tertiary/aromatic N) is 1. The molecule has 9 heteroatoms. The Morgan fingerprint density at radius 1 is 1.00 bits per heavy atom. The summed E-state index contributed by atoms with van der Waals surface area (Å²) in [7, 11) is 2.92. The average Bonchev–Trinajstić information content (AvgIpc) is 3.17. The van der Waals surface area contributed by atoms with E-state index in [9.17, 15) is 19.2 Å². The van der Waals surface area contributed by atoms with Crippen LogP contribution in [0.3, 0.4) is 0 Å². The number of hydrogen-bond donors (Lipinski definition) is 1. The second kappa shape index (κ2) is 9.75. The summed E-state index contributed by atoms with van der Waals surface area (Å²) in [6.07, 6.45) is -0.125. The first-order chi connectivity index (χ1) is 14.9. The standard InChI is InChI=1S/C22H22N2O7/c1-29-17-8-15(9-18(11-17)30-2)21(27)23-24-12-16(10-20(24)26)22(28)31-13-19(25)14-6-4-3-5-7-14/h3-9,11,16H,10,12-13H2,1-2H3,(H,23,27)/t16-/m0/s1. The summed E-state index contributed by atoms with van der Waals surface area (Å²) in [5.74, 6) is -1.94. The van der Waals surface area contributed by atoms with E-state index in [-0.39, 0.29) is 24.3 Å². The van der Waals surface area contributed by atoms with Crippen LogP contribution in [0.4, 0.5) is 0 Å². The molecular weight excluding hydrogens is 404 g/mol. The molecular formula is C22H22N2O7. The highest BCUT2D eigenvalue weighted by atomic mass is 16.5. The van der Waals surface area contributed by atoms with Crippen molar-refractivity contribution in [2.75, 3.05) is 27.4 Å². The van der Waals surface area contributed by atoms with Crippen LogP contribution in [0.2, 0.25) is 0 Å². The Labute approximate surface area is 178 Å². The summed E-state index contributed by atoms with van der Waals surface area (Å²) in [6.45, 7) is -0.465. The number of methoxy groups -OCH3 is 2. The summed E-state index contributed by atoms with van der Waals surface area (Å²) in [5, 5.41) is 1.07. The van der Waals surface area contributed by atoms with Gasteiger partial charge in [-0.2, -0.15) is 0 Å². The molecule has 2 aromatic rings. The van der Waals surface area contributed by atoms with Crippen LogP contribution in [0.5, 0.6) is 11.5 Å². The number of amides is 2. The summed E-state index contributed by atoms with van der Waals surface area (Å²) < 4.78 is 15.3. The van der Waals surface area contributed by atoms with Crippen molar-refractivity contribution in [3.05, 3.63) is 59.7 Å². The van der Waals surface area contributed by atoms with Crippen LogP contribution >= 0.6 is 0 Å². The number of carbonyl (C=O) groups excluding carboxylic acids is 4. The first-order valence-electron chi connectivity index (χ1n) is 9.50. The molecule has 1 fully saturated rings. The molecule has 1 N–H and O–H groups in total. The summed E-state index contributed by atoms with van der Waals surface area (Å²) >= 11 is 0. The van der Waals surface area contributed by atoms with Crippen molar-refractivity contribution < 1.29 is 33.4 Å². The number of esters is 1. The van der Waals surface area contributed by atoms with Gasteiger partial charge in [0, 0.05) is 23.6 Å². The first-order valence-corrected chi connectivity index (χ1v) is 9.50. The van der Waals surface area contributed by atoms with Crippen molar-refractivity contribution in [2.45, 2.75) is 6.42 Å². The van der Waals surface area contributed by atoms with Gasteiger partial charge in [-0.25, -0.2) is 0 Å². The number of rotatable bonds is 8. The van der Waals surface area contributed by atoms with E-state index in [2.05, 4.69) is 5.43 Å². The molecule has 0 bridgehead atoms. The number of benzene rings is 2. The highest BCUT2D eigenvalue weighted by molar-refractivity contribution is 5.99. The number of ketones is 1. The average molecular weight is 426 g/mol. The van der Waals surface area contributed by atoms with E-state index in [4.69, 9.17) is 14.2 Å². The van der Waals surface area contributed by atoms with Gasteiger partial charge in [-0.3, -0.25) is 29.6 Å². The van der Waals surface area contributed by atoms with Gasteiger partial charge in [-0.05, 0) is 12.1 Å². The molecule has 31 heavy (non-hydrogen) atoms. The van der Waals surface area contributed by atoms with Crippen LogP contribution in [0.15, 0.2) is 48.5 Å². The topological polar surface area (TPSA) is 111 Å². The maximum absolute atomic E-state index is 12.6. The molecule has 0 aromatic heterocycles. The Bertz CT molecular complexity index is 968. The summed E-state index contributed by atoms with van der Waals surface area (Å²) in [4.78, 5) is 49.2. The molecule has 3 rings (SSSR count). The lowest BCUT2D eigenvalue weighted by Gasteiger charge is -2.18. The largest absolute Gasteiger partial charge is 0.497 e. The van der Waals surface area contributed by atoms with Crippen molar-refractivity contribution in [1.29, 1.82) is 0 Å². The lowest BCUT2D eigenvalue weighted by molar-refractivity contribution is -0.147. The molecule has 1 atom stereocenters. The van der Waals surface area contributed by atoms with Crippen LogP contribution < -0.4 is 14.9 Å². The van der Waals surface area contributed by atoms with Gasteiger partial charge in [0.1, 0.15) is 11.5 Å². The van der Waals surface area contributed by atoms with Crippen molar-refractivity contribution in [3.63, 3.8) is 0 Å². The predicted molar refractivity (Wildman–Crippen MR) is 109 cm³/mol. The lowest BCUT2D eigenvalue weighted by atomic mass is 10.1. The van der Waals surface area contributed by atoms with Gasteiger partial charge in [0.15, 0.2) is 12.4 Å². The molecule has 1 aliphatic heterocycles. The van der Waals surface area contributed by atoms with E-state index in [1.54, 1.807) is 36.4 Å². The molecule has 2 aromatic carbocycles. The molecule has 9 nitrogen and oxygen atoms in total. The molecule has 0 spiro atoms. The Morgan fingerprint density at radius 2 is 1.65 bits per heavy atom. The molecule has 0 unspecified atom stereocenters. The lowest BCUT2D eigenvalue weighted by Crippen LogP contribution is -2.43. The van der Waals surface area contributed by atoms with Crippen molar-refractivity contribution >= 4 is 23.6 Å². The van der Waals surface area contributed by atoms with E-state index < -0.39 is 30.3 Å². The normalized spacial score (nSPS) is 15.4. The van der Waals surface area contributed by atoms with Crippen molar-refractivity contribution in [2.24, 2.45) is 5.92 Å². The molecule has 1 saturated heterocycles. The Morgan fingerprint density at radius 3 is 2.26 bits per heavy atom. The SMILES string of the molecule is COc1cc(OC)cc(C(=O)NN2C[C@@H](C(=O)OCC(=O)c3ccccc3)CC2=O)c1. The van der Waals surface area contributed by atoms with Gasteiger partial charge in [0.2, 0.25) is 5.91 Å². The third kappa shape index (κ3) is 5.39. The van der Waals surface area contributed by atoms with Crippen molar-refractivity contribution in [3.8, 4) is 11.5 Å². The Hall–Kier alpha value is -3.88. The molecule has 162 valence electrons. The molecule has 0 aliphatic carbocycles. The predicted octanol–water partition coefficient (Wildman–Crippen LogP) is 1.62. The Kier molecular flexibility index (Phi) is 6.86. The van der Waals surface area contributed by atoms with E-state index in [1.165, 1.54) is 26.4 Å². The van der Waals surface area contributed by atoms with E-state index in [0.29, 0.717) is 17.1 Å². The number of hydrazine groups is 1. The maximum Gasteiger partial charge on any atom is 0.311 e. The van der Waals surface area contributed by atoms with Gasteiger partial charge >= 0.3 is 5.97 Å². The molecule has 2 amide bonds. The fraction of sp³-hybridized carbons (Fsp3) is 0.273. The number of Topliss-reactive ketones (excluding diaryl/α,β-unsaturated/α-hetero) is 1. The van der Waals surface area contributed by atoms with E-state index in [0.717, 1.165) is 5.01 Å². The van der Waals surface area contributed by atoms with Gasteiger partial charge < -0.3 is 14.2 Å². The van der Waals surface area contributed by atoms with Gasteiger partial charge in [-0.1, -0.05) is 30.3 Å². The summed E-state index contributed by atoms with van der Waals surface area (Å²) in [5.41, 5.74) is 3.14. The number of carbonyl (C=O) groups is 4. The number of hydrogen-bond acceptors (Lipinski definition) is 7. The minimum absolute atomic E-state index is 0.0516. The monoisotopic (exact) mass is 426 g/mol. The van der Waals surface area contributed by atoms with Crippen LogP contribution in [0, 0.1) is 5.92 Å². The summed E-state index contributed by atoms with van der Waals surface area (Å²) in [6, 6.07) is 13.1. The fourth-order valence-electron chi connectivity index (χ4n) is 3.06. The molecule has 0 saturated carbocycles. The second-order valence-corrected chi connectivity index (χ2v) is 6.84. The fourth-order valence-corrected chi connectivity index (χ4v) is 3.06. The van der Waals surface area contributed by atoms with Crippen LogP contribution in [0.1, 0.15) is 27.1 Å². The van der Waals surface area contributed by atoms with Gasteiger partial charge in [-0.15, -0.1) is 0 Å². The Balaban J connectivity index is 1.56. The zero-order valence-corrected chi connectivity index (χ0v) is 17.1. The van der Waals surface area contributed by atoms with Gasteiger partial charge in [0.25, 0.3) is 5.91 Å².